The van der Waals surface area contributed by atoms with Gasteiger partial charge in [-0.25, -0.2) is 4.98 Å². The van der Waals surface area contributed by atoms with Crippen molar-refractivity contribution < 1.29 is 9.66 Å². The Morgan fingerprint density at radius 1 is 1.50 bits per heavy atom. The van der Waals surface area contributed by atoms with Crippen LogP contribution in [0.4, 0.5) is 11.6 Å². The van der Waals surface area contributed by atoms with Gasteiger partial charge < -0.3 is 10.1 Å². The van der Waals surface area contributed by atoms with Crippen molar-refractivity contribution in [1.29, 1.82) is 0 Å². The molecule has 0 saturated heterocycles. The van der Waals surface area contributed by atoms with E-state index < -0.39 is 4.92 Å². The van der Waals surface area contributed by atoms with Gasteiger partial charge in [0.1, 0.15) is 5.02 Å². The number of hydrogen-bond acceptors (Lipinski definition) is 6. The second-order valence-electron chi connectivity index (χ2n) is 3.57. The molecule has 0 aliphatic rings. The maximum absolute atomic E-state index is 10.8. The van der Waals surface area contributed by atoms with Gasteiger partial charge in [0, 0.05) is 13.1 Å². The average molecular weight is 360 g/mol. The third kappa shape index (κ3) is 3.14. The fraction of sp³-hybridized carbons (Fsp3) is 0.0909. The van der Waals surface area contributed by atoms with Crippen molar-refractivity contribution in [1.82, 2.24) is 9.97 Å². The van der Waals surface area contributed by atoms with E-state index in [-0.39, 0.29) is 22.3 Å². The molecule has 0 fully saturated rings. The van der Waals surface area contributed by atoms with Crippen LogP contribution >= 0.6 is 27.5 Å². The van der Waals surface area contributed by atoms with Gasteiger partial charge in [-0.05, 0) is 22.0 Å². The highest BCUT2D eigenvalue weighted by Crippen LogP contribution is 2.34. The minimum absolute atomic E-state index is 0.0952. The van der Waals surface area contributed by atoms with E-state index in [1.165, 1.54) is 24.4 Å². The van der Waals surface area contributed by atoms with Crippen LogP contribution in [0.2, 0.25) is 5.02 Å². The number of non-ortho nitro benzene ring substituents is 1. The minimum atomic E-state index is -0.514. The molecule has 1 heterocycles. The molecular weight excluding hydrogens is 352 g/mol. The van der Waals surface area contributed by atoms with E-state index >= 15 is 0 Å². The molecule has 0 amide bonds. The van der Waals surface area contributed by atoms with E-state index in [1.54, 1.807) is 7.05 Å². The standard InChI is InChI=1S/C11H8BrClN4O3/c1-14-11-15-5-8(13)10(16-11)20-9-4-6(17(18)19)2-3-7(9)12/h2-5H,1H3,(H,14,15,16). The Bertz CT molecular complexity index is 668. The first kappa shape index (κ1) is 14.5. The number of benzene rings is 1. The molecule has 1 aromatic heterocycles. The summed E-state index contributed by atoms with van der Waals surface area (Å²) in [7, 11) is 1.65. The van der Waals surface area contributed by atoms with Crippen molar-refractivity contribution in [3.8, 4) is 11.6 Å². The van der Waals surface area contributed by atoms with Crippen molar-refractivity contribution in [3.63, 3.8) is 0 Å². The van der Waals surface area contributed by atoms with Crippen LogP contribution < -0.4 is 10.1 Å². The average Bonchev–Trinajstić information content (AvgIpc) is 2.43. The molecular formula is C11H8BrClN4O3. The molecule has 0 bridgehead atoms. The summed E-state index contributed by atoms with van der Waals surface area (Å²) in [5.41, 5.74) is -0.0952. The summed E-state index contributed by atoms with van der Waals surface area (Å²) < 4.78 is 6.04. The second-order valence-corrected chi connectivity index (χ2v) is 4.83. The summed E-state index contributed by atoms with van der Waals surface area (Å²) in [4.78, 5) is 18.2. The van der Waals surface area contributed by atoms with Crippen molar-refractivity contribution in [3.05, 3.63) is 44.0 Å². The molecule has 0 unspecified atom stereocenters. The highest BCUT2D eigenvalue weighted by atomic mass is 79.9. The lowest BCUT2D eigenvalue weighted by atomic mass is 10.3. The SMILES string of the molecule is CNc1ncc(Cl)c(Oc2cc([N+](=O)[O-])ccc2Br)n1. The number of halogens is 2. The summed E-state index contributed by atoms with van der Waals surface area (Å²) in [5.74, 6) is 0.667. The second kappa shape index (κ2) is 6.02. The van der Waals surface area contributed by atoms with Crippen LogP contribution in [0.5, 0.6) is 11.6 Å². The molecule has 2 aromatic rings. The van der Waals surface area contributed by atoms with Gasteiger partial charge in [-0.3, -0.25) is 10.1 Å². The third-order valence-electron chi connectivity index (χ3n) is 2.27. The van der Waals surface area contributed by atoms with Gasteiger partial charge in [-0.2, -0.15) is 4.98 Å². The van der Waals surface area contributed by atoms with Crippen molar-refractivity contribution in [2.45, 2.75) is 0 Å². The monoisotopic (exact) mass is 358 g/mol. The zero-order valence-corrected chi connectivity index (χ0v) is 12.5. The zero-order chi connectivity index (χ0) is 14.7. The number of nitro benzene ring substituents is 1. The van der Waals surface area contributed by atoms with Crippen LogP contribution in [0.15, 0.2) is 28.9 Å². The molecule has 0 radical (unpaired) electrons. The van der Waals surface area contributed by atoms with E-state index in [2.05, 4.69) is 31.2 Å². The smallest absolute Gasteiger partial charge is 0.273 e. The maximum atomic E-state index is 10.8. The van der Waals surface area contributed by atoms with Crippen LogP contribution in [0, 0.1) is 10.1 Å². The minimum Gasteiger partial charge on any atom is -0.436 e. The molecule has 2 rings (SSSR count). The molecule has 1 N–H and O–H groups in total. The van der Waals surface area contributed by atoms with Gasteiger partial charge in [-0.1, -0.05) is 11.6 Å². The summed E-state index contributed by atoms with van der Waals surface area (Å²) >= 11 is 9.18. The van der Waals surface area contributed by atoms with Gasteiger partial charge in [0.05, 0.1) is 21.7 Å². The summed E-state index contributed by atoms with van der Waals surface area (Å²) in [6.45, 7) is 0. The molecule has 0 saturated carbocycles. The lowest BCUT2D eigenvalue weighted by molar-refractivity contribution is -0.384. The van der Waals surface area contributed by atoms with Crippen LogP contribution in [-0.4, -0.2) is 21.9 Å². The molecule has 20 heavy (non-hydrogen) atoms. The van der Waals surface area contributed by atoms with Crippen molar-refractivity contribution >= 4 is 39.2 Å². The normalized spacial score (nSPS) is 10.2. The molecule has 104 valence electrons. The summed E-state index contributed by atoms with van der Waals surface area (Å²) in [5, 5.41) is 13.7. The van der Waals surface area contributed by atoms with Crippen molar-refractivity contribution in [2.24, 2.45) is 0 Å². The van der Waals surface area contributed by atoms with E-state index in [9.17, 15) is 10.1 Å². The fourth-order valence-corrected chi connectivity index (χ4v) is 1.79. The predicted molar refractivity (Wildman–Crippen MR) is 77.5 cm³/mol. The largest absolute Gasteiger partial charge is 0.436 e. The maximum Gasteiger partial charge on any atom is 0.273 e. The number of ether oxygens (including phenoxy) is 1. The van der Waals surface area contributed by atoms with Gasteiger partial charge in [0.15, 0.2) is 5.75 Å². The highest BCUT2D eigenvalue weighted by molar-refractivity contribution is 9.10. The Balaban J connectivity index is 2.38. The number of nitrogens with one attached hydrogen (secondary N) is 1. The van der Waals surface area contributed by atoms with Gasteiger partial charge in [0.25, 0.3) is 5.69 Å². The lowest BCUT2D eigenvalue weighted by Crippen LogP contribution is -1.99. The Hall–Kier alpha value is -1.93. The number of anilines is 1. The Morgan fingerprint density at radius 3 is 2.90 bits per heavy atom. The molecule has 0 spiro atoms. The lowest BCUT2D eigenvalue weighted by Gasteiger charge is -2.09. The molecule has 0 aliphatic carbocycles. The van der Waals surface area contributed by atoms with Crippen LogP contribution in [0.1, 0.15) is 0 Å². The third-order valence-corrected chi connectivity index (χ3v) is 3.18. The molecule has 1 aromatic carbocycles. The first-order valence-corrected chi connectivity index (χ1v) is 6.50. The summed E-state index contributed by atoms with van der Waals surface area (Å²) in [6.07, 6.45) is 1.38. The Morgan fingerprint density at radius 2 is 2.25 bits per heavy atom. The topological polar surface area (TPSA) is 90.2 Å². The van der Waals surface area contributed by atoms with Crippen LogP contribution in [-0.2, 0) is 0 Å². The van der Waals surface area contributed by atoms with E-state index in [0.717, 1.165) is 0 Å². The summed E-state index contributed by atoms with van der Waals surface area (Å²) in [6, 6.07) is 4.15. The van der Waals surface area contributed by atoms with Crippen molar-refractivity contribution in [2.75, 3.05) is 12.4 Å². The first-order chi connectivity index (χ1) is 9.51. The van der Waals surface area contributed by atoms with Crippen LogP contribution in [0.25, 0.3) is 0 Å². The number of aromatic nitrogens is 2. The zero-order valence-electron chi connectivity index (χ0n) is 10.1. The van der Waals surface area contributed by atoms with Gasteiger partial charge >= 0.3 is 0 Å². The first-order valence-electron chi connectivity index (χ1n) is 5.33. The number of nitrogens with zero attached hydrogens (tertiary/aromatic N) is 3. The van der Waals surface area contributed by atoms with Crippen LogP contribution in [0.3, 0.4) is 0 Å². The quantitative estimate of drug-likeness (QED) is 0.662. The van der Waals surface area contributed by atoms with E-state index in [4.69, 9.17) is 16.3 Å². The highest BCUT2D eigenvalue weighted by Gasteiger charge is 2.14. The van der Waals surface area contributed by atoms with E-state index in [0.29, 0.717) is 10.4 Å². The van der Waals surface area contributed by atoms with Gasteiger partial charge in [0.2, 0.25) is 11.8 Å². The van der Waals surface area contributed by atoms with Gasteiger partial charge in [-0.15, -0.1) is 0 Å². The molecule has 9 heteroatoms. The number of rotatable bonds is 4. The number of hydrogen-bond donors (Lipinski definition) is 1. The predicted octanol–water partition coefficient (Wildman–Crippen LogP) is 3.63. The molecule has 0 atom stereocenters. The number of nitro groups is 1. The van der Waals surface area contributed by atoms with E-state index in [1.807, 2.05) is 0 Å². The Labute approximate surface area is 127 Å². The molecule has 0 aliphatic heterocycles. The fourth-order valence-electron chi connectivity index (χ4n) is 1.33. The molecule has 7 nitrogen and oxygen atoms in total. The Kier molecular flexibility index (Phi) is 4.35.